The van der Waals surface area contributed by atoms with Crippen molar-refractivity contribution in [3.05, 3.63) is 76.5 Å². The largest absolute Gasteiger partial charge is 0.497 e. The van der Waals surface area contributed by atoms with Crippen molar-refractivity contribution < 1.29 is 19.1 Å². The van der Waals surface area contributed by atoms with Gasteiger partial charge in [0.2, 0.25) is 0 Å². The average Bonchev–Trinajstić information content (AvgIpc) is 3.14. The third-order valence-electron chi connectivity index (χ3n) is 4.19. The number of methoxy groups -OCH3 is 1. The SMILES string of the molecule is COc1ccc(CCNCc2ccc(-c3cc(C(=O)O)ccc3Cl)o2)cc1.Cl. The molecule has 3 rings (SSSR count). The molecule has 0 saturated carbocycles. The Hall–Kier alpha value is -2.47. The Bertz CT molecular complexity index is 922. The van der Waals surface area contributed by atoms with E-state index in [1.165, 1.54) is 17.7 Å². The van der Waals surface area contributed by atoms with Crippen molar-refractivity contribution in [1.82, 2.24) is 5.32 Å². The number of benzene rings is 2. The molecule has 0 aliphatic carbocycles. The van der Waals surface area contributed by atoms with Gasteiger partial charge in [-0.15, -0.1) is 12.4 Å². The summed E-state index contributed by atoms with van der Waals surface area (Å²) in [5.74, 6) is 1.16. The molecule has 0 spiro atoms. The van der Waals surface area contributed by atoms with E-state index < -0.39 is 5.97 Å². The van der Waals surface area contributed by atoms with Crippen molar-refractivity contribution >= 4 is 30.0 Å². The number of ether oxygens (including phenoxy) is 1. The summed E-state index contributed by atoms with van der Waals surface area (Å²) in [4.78, 5) is 11.1. The van der Waals surface area contributed by atoms with Crippen molar-refractivity contribution in [2.45, 2.75) is 13.0 Å². The number of halogens is 2. The second kappa shape index (κ2) is 10.2. The lowest BCUT2D eigenvalue weighted by atomic mass is 10.1. The minimum atomic E-state index is -1.00. The highest BCUT2D eigenvalue weighted by atomic mass is 35.5. The number of rotatable bonds is 8. The summed E-state index contributed by atoms with van der Waals surface area (Å²) >= 11 is 6.18. The second-order valence-electron chi connectivity index (χ2n) is 6.04. The molecular formula is C21H21Cl2NO4. The predicted molar refractivity (Wildman–Crippen MR) is 112 cm³/mol. The third-order valence-corrected chi connectivity index (χ3v) is 4.52. The molecule has 148 valence electrons. The van der Waals surface area contributed by atoms with Crippen LogP contribution in [0.5, 0.6) is 5.75 Å². The third kappa shape index (κ3) is 5.52. The first-order valence-corrected chi connectivity index (χ1v) is 8.90. The minimum Gasteiger partial charge on any atom is -0.497 e. The topological polar surface area (TPSA) is 71.7 Å². The first kappa shape index (κ1) is 21.8. The molecule has 0 atom stereocenters. The summed E-state index contributed by atoms with van der Waals surface area (Å²) < 4.78 is 11.0. The maximum absolute atomic E-state index is 11.1. The lowest BCUT2D eigenvalue weighted by Gasteiger charge is -2.05. The van der Waals surface area contributed by atoms with Crippen LogP contribution >= 0.6 is 24.0 Å². The number of nitrogens with one attached hydrogen (secondary N) is 1. The Kier molecular flexibility index (Phi) is 7.93. The summed E-state index contributed by atoms with van der Waals surface area (Å²) in [5, 5.41) is 12.9. The molecule has 0 aliphatic heterocycles. The molecule has 0 fully saturated rings. The second-order valence-corrected chi connectivity index (χ2v) is 6.45. The summed E-state index contributed by atoms with van der Waals surface area (Å²) in [6.07, 6.45) is 0.893. The average molecular weight is 422 g/mol. The fourth-order valence-corrected chi connectivity index (χ4v) is 2.91. The predicted octanol–water partition coefficient (Wildman–Crippen LogP) is 5.06. The summed E-state index contributed by atoms with van der Waals surface area (Å²) in [7, 11) is 1.65. The van der Waals surface area contributed by atoms with Gasteiger partial charge in [0.25, 0.3) is 0 Å². The number of carbonyl (C=O) groups is 1. The van der Waals surface area contributed by atoms with Crippen LogP contribution in [0.25, 0.3) is 11.3 Å². The summed E-state index contributed by atoms with van der Waals surface area (Å²) in [6, 6.07) is 16.2. The summed E-state index contributed by atoms with van der Waals surface area (Å²) in [6.45, 7) is 1.38. The van der Waals surface area contributed by atoms with E-state index in [2.05, 4.69) is 5.32 Å². The van der Waals surface area contributed by atoms with E-state index >= 15 is 0 Å². The minimum absolute atomic E-state index is 0. The molecule has 2 aromatic carbocycles. The van der Waals surface area contributed by atoms with E-state index in [0.717, 1.165) is 24.5 Å². The molecule has 0 radical (unpaired) electrons. The lowest BCUT2D eigenvalue weighted by Crippen LogP contribution is -2.16. The zero-order valence-corrected chi connectivity index (χ0v) is 16.8. The van der Waals surface area contributed by atoms with E-state index in [0.29, 0.717) is 22.9 Å². The van der Waals surface area contributed by atoms with E-state index in [1.54, 1.807) is 19.2 Å². The van der Waals surface area contributed by atoms with Gasteiger partial charge in [-0.1, -0.05) is 23.7 Å². The molecule has 0 amide bonds. The molecule has 0 aliphatic rings. The normalized spacial score (nSPS) is 10.4. The van der Waals surface area contributed by atoms with Gasteiger partial charge in [0.15, 0.2) is 0 Å². The number of hydrogen-bond donors (Lipinski definition) is 2. The van der Waals surface area contributed by atoms with Gasteiger partial charge in [0.1, 0.15) is 17.3 Å². The quantitative estimate of drug-likeness (QED) is 0.497. The molecule has 0 saturated heterocycles. The van der Waals surface area contributed by atoms with Crippen LogP contribution < -0.4 is 10.1 Å². The van der Waals surface area contributed by atoms with Crippen LogP contribution in [0.2, 0.25) is 5.02 Å². The zero-order chi connectivity index (χ0) is 19.2. The van der Waals surface area contributed by atoms with Gasteiger partial charge < -0.3 is 19.6 Å². The zero-order valence-electron chi connectivity index (χ0n) is 15.3. The van der Waals surface area contributed by atoms with E-state index in [4.69, 9.17) is 25.9 Å². The molecular weight excluding hydrogens is 401 g/mol. The van der Waals surface area contributed by atoms with Crippen LogP contribution in [-0.4, -0.2) is 24.7 Å². The first-order chi connectivity index (χ1) is 13.1. The fraction of sp³-hybridized carbons (Fsp3) is 0.190. The molecule has 2 N–H and O–H groups in total. The highest BCUT2D eigenvalue weighted by molar-refractivity contribution is 6.33. The Morgan fingerprint density at radius 3 is 2.57 bits per heavy atom. The van der Waals surface area contributed by atoms with Crippen molar-refractivity contribution in [3.8, 4) is 17.1 Å². The lowest BCUT2D eigenvalue weighted by molar-refractivity contribution is 0.0697. The smallest absolute Gasteiger partial charge is 0.335 e. The van der Waals surface area contributed by atoms with Crippen molar-refractivity contribution in [2.75, 3.05) is 13.7 Å². The maximum atomic E-state index is 11.1. The molecule has 1 heterocycles. The fourth-order valence-electron chi connectivity index (χ4n) is 2.70. The van der Waals surface area contributed by atoms with Crippen molar-refractivity contribution in [3.63, 3.8) is 0 Å². The number of carboxylic acid groups (broad SMARTS) is 1. The van der Waals surface area contributed by atoms with Gasteiger partial charge in [-0.25, -0.2) is 4.79 Å². The molecule has 0 bridgehead atoms. The van der Waals surface area contributed by atoms with Crippen LogP contribution in [-0.2, 0) is 13.0 Å². The van der Waals surface area contributed by atoms with E-state index in [-0.39, 0.29) is 18.0 Å². The molecule has 1 aromatic heterocycles. The number of carboxylic acids is 1. The van der Waals surface area contributed by atoms with E-state index in [1.807, 2.05) is 30.3 Å². The first-order valence-electron chi connectivity index (χ1n) is 8.52. The number of aromatic carboxylic acids is 1. The number of hydrogen-bond acceptors (Lipinski definition) is 4. The summed E-state index contributed by atoms with van der Waals surface area (Å²) in [5.41, 5.74) is 1.96. The van der Waals surface area contributed by atoms with Gasteiger partial charge in [0, 0.05) is 5.56 Å². The van der Waals surface area contributed by atoms with Gasteiger partial charge in [0.05, 0.1) is 24.2 Å². The van der Waals surface area contributed by atoms with Crippen LogP contribution in [0.4, 0.5) is 0 Å². The molecule has 3 aromatic rings. The standard InChI is InChI=1S/C21H20ClNO4.ClH/c1-26-16-5-2-14(3-6-16)10-11-23-13-17-7-9-20(27-17)18-12-15(21(24)25)4-8-19(18)22;/h2-9,12,23H,10-11,13H2,1H3,(H,24,25);1H. The van der Waals surface area contributed by atoms with Crippen LogP contribution in [0, 0.1) is 0 Å². The molecule has 28 heavy (non-hydrogen) atoms. The van der Waals surface area contributed by atoms with Crippen LogP contribution in [0.3, 0.4) is 0 Å². The molecule has 5 nitrogen and oxygen atoms in total. The molecule has 0 unspecified atom stereocenters. The van der Waals surface area contributed by atoms with Crippen LogP contribution in [0.15, 0.2) is 59.0 Å². The molecule has 7 heteroatoms. The highest BCUT2D eigenvalue weighted by Gasteiger charge is 2.12. The number of furan rings is 1. The van der Waals surface area contributed by atoms with Crippen molar-refractivity contribution in [2.24, 2.45) is 0 Å². The van der Waals surface area contributed by atoms with E-state index in [9.17, 15) is 4.79 Å². The Labute approximate surface area is 174 Å². The Balaban J connectivity index is 0.00000280. The monoisotopic (exact) mass is 421 g/mol. The Morgan fingerprint density at radius 1 is 1.14 bits per heavy atom. The van der Waals surface area contributed by atoms with Gasteiger partial charge >= 0.3 is 5.97 Å². The van der Waals surface area contributed by atoms with Gasteiger partial charge in [-0.3, -0.25) is 0 Å². The Morgan fingerprint density at radius 2 is 1.89 bits per heavy atom. The van der Waals surface area contributed by atoms with Gasteiger partial charge in [-0.2, -0.15) is 0 Å². The maximum Gasteiger partial charge on any atom is 0.335 e. The van der Waals surface area contributed by atoms with Gasteiger partial charge in [-0.05, 0) is 61.0 Å². The van der Waals surface area contributed by atoms with Crippen LogP contribution in [0.1, 0.15) is 21.7 Å². The highest BCUT2D eigenvalue weighted by Crippen LogP contribution is 2.30. The van der Waals surface area contributed by atoms with Crippen molar-refractivity contribution in [1.29, 1.82) is 0 Å².